The summed E-state index contributed by atoms with van der Waals surface area (Å²) in [4.78, 5) is 17.2. The van der Waals surface area contributed by atoms with E-state index >= 15 is 0 Å². The summed E-state index contributed by atoms with van der Waals surface area (Å²) in [5.74, 6) is 1.73. The van der Waals surface area contributed by atoms with Crippen LogP contribution in [0.3, 0.4) is 0 Å². The first-order valence-corrected chi connectivity index (χ1v) is 20.2. The van der Waals surface area contributed by atoms with Gasteiger partial charge in [-0.05, 0) is 80.0 Å². The minimum absolute atomic E-state index is 0. The Hall–Kier alpha value is -3.99. The number of aryl methyl sites for hydroxylation is 2. The number of fused-ring (bicyclic) bond motifs is 3. The summed E-state index contributed by atoms with van der Waals surface area (Å²) in [5, 5.41) is 14.6. The fraction of sp³-hybridized carbons (Fsp3) is 0.440. The monoisotopic (exact) mass is 933 g/mol. The van der Waals surface area contributed by atoms with E-state index in [1.54, 1.807) is 6.26 Å². The molecule has 6 rings (SSSR count). The van der Waals surface area contributed by atoms with Crippen molar-refractivity contribution >= 4 is 38.6 Å². The Kier molecular flexibility index (Phi) is 14.1. The largest absolute Gasteiger partial charge is 0.512 e. The fourth-order valence-corrected chi connectivity index (χ4v) is 7.33. The van der Waals surface area contributed by atoms with Gasteiger partial charge < -0.3 is 13.9 Å². The van der Waals surface area contributed by atoms with Crippen LogP contribution in [0.15, 0.2) is 81.5 Å². The number of aliphatic hydroxyl groups is 1. The van der Waals surface area contributed by atoms with Gasteiger partial charge in [-0.25, -0.2) is 0 Å². The topological polar surface area (TPSA) is 76.5 Å². The quantitative estimate of drug-likeness (QED) is 0.0796. The van der Waals surface area contributed by atoms with Crippen molar-refractivity contribution in [3.05, 3.63) is 101 Å². The average Bonchev–Trinajstić information content (AvgIpc) is 3.77. The summed E-state index contributed by atoms with van der Waals surface area (Å²) < 4.78 is 12.3. The second-order valence-corrected chi connectivity index (χ2v) is 17.4. The molecule has 0 aliphatic carbocycles. The number of aromatic nitrogens is 1. The molecule has 6 aromatic rings. The maximum absolute atomic E-state index is 12.2. The number of hydrogen-bond donors (Lipinski definition) is 1. The van der Waals surface area contributed by atoms with Crippen molar-refractivity contribution in [2.24, 2.45) is 16.7 Å². The van der Waals surface area contributed by atoms with E-state index in [1.807, 2.05) is 48.5 Å². The summed E-state index contributed by atoms with van der Waals surface area (Å²) in [7, 11) is 0. The molecule has 6 heteroatoms. The molecule has 56 heavy (non-hydrogen) atoms. The zero-order valence-electron chi connectivity index (χ0n) is 35.9. The molecule has 0 atom stereocenters. The first-order valence-electron chi connectivity index (χ1n) is 20.2. The van der Waals surface area contributed by atoms with E-state index in [1.165, 1.54) is 22.6 Å². The number of ketones is 1. The van der Waals surface area contributed by atoms with Crippen molar-refractivity contribution < 1.29 is 38.8 Å². The van der Waals surface area contributed by atoms with Gasteiger partial charge in [0.2, 0.25) is 5.71 Å². The Balaban J connectivity index is 0.000000330. The van der Waals surface area contributed by atoms with Gasteiger partial charge in [-0.3, -0.25) is 9.78 Å². The van der Waals surface area contributed by atoms with Crippen LogP contribution < -0.4 is 0 Å². The minimum Gasteiger partial charge on any atom is -0.512 e. The van der Waals surface area contributed by atoms with E-state index in [9.17, 15) is 9.90 Å². The summed E-state index contributed by atoms with van der Waals surface area (Å²) in [5.41, 5.74) is 8.73. The number of aliphatic hydroxyl groups excluding tert-OH is 1. The molecule has 0 saturated carbocycles. The first kappa shape index (κ1) is 44.7. The number of nitrogens with zero attached hydrogens (tertiary/aromatic N) is 1. The van der Waals surface area contributed by atoms with Gasteiger partial charge in [0, 0.05) is 59.0 Å². The third-order valence-corrected chi connectivity index (χ3v) is 12.2. The standard InChI is InChI=1S/C35H34NO2.C15H28O2.Ir/c1-20(2)16-24-12-13-27(28-14-15-37-33(24)28)29-19-31(36-34-32(29)21(3)22(4)38-34)25-17-23-10-8-9-11-26(23)30(18-25)35(5,6)7;1-7-14(5,8-2)12(16)11-13(17)15(6,9-3)10-4;/h8-15,18-20H,16H2,1-7H3;11,16H,7-10H2,1-6H3;/q-1;;/b;12-11-;. The molecule has 3 aromatic carbocycles. The molecular weight excluding hydrogens is 871 g/mol. The van der Waals surface area contributed by atoms with Crippen molar-refractivity contribution in [2.75, 3.05) is 0 Å². The Morgan fingerprint density at radius 2 is 1.50 bits per heavy atom. The Labute approximate surface area is 348 Å². The molecule has 3 aromatic heterocycles. The van der Waals surface area contributed by atoms with Gasteiger partial charge in [-0.2, -0.15) is 0 Å². The number of benzene rings is 3. The molecule has 0 unspecified atom stereocenters. The summed E-state index contributed by atoms with van der Waals surface area (Å²) in [6.45, 7) is 27.5. The number of furan rings is 2. The molecule has 3 heterocycles. The number of carbonyl (C=O) groups excluding carboxylic acids is 1. The number of carbonyl (C=O) groups is 1. The molecule has 301 valence electrons. The number of allylic oxidation sites excluding steroid dienone is 2. The average molecular weight is 933 g/mol. The van der Waals surface area contributed by atoms with Crippen molar-refractivity contribution in [1.82, 2.24) is 4.98 Å². The summed E-state index contributed by atoms with van der Waals surface area (Å²) in [6, 6.07) is 23.2. The van der Waals surface area contributed by atoms with Crippen LogP contribution >= 0.6 is 0 Å². The van der Waals surface area contributed by atoms with Crippen LogP contribution in [0.1, 0.15) is 124 Å². The van der Waals surface area contributed by atoms with Gasteiger partial charge in [0.25, 0.3) is 0 Å². The van der Waals surface area contributed by atoms with E-state index in [0.717, 1.165) is 87.6 Å². The molecule has 0 bridgehead atoms. The molecule has 5 nitrogen and oxygen atoms in total. The molecule has 0 spiro atoms. The van der Waals surface area contributed by atoms with Crippen LogP contribution in [0.4, 0.5) is 0 Å². The smallest absolute Gasteiger partial charge is 0.220 e. The van der Waals surface area contributed by atoms with E-state index in [-0.39, 0.29) is 47.9 Å². The van der Waals surface area contributed by atoms with Gasteiger partial charge in [0.1, 0.15) is 17.1 Å². The first-order chi connectivity index (χ1) is 25.9. The minimum atomic E-state index is -0.337. The molecule has 0 amide bonds. The van der Waals surface area contributed by atoms with Crippen molar-refractivity contribution in [2.45, 2.75) is 128 Å². The summed E-state index contributed by atoms with van der Waals surface area (Å²) in [6.07, 6.45) is 7.54. The van der Waals surface area contributed by atoms with Gasteiger partial charge in [-0.15, -0.1) is 29.1 Å². The van der Waals surface area contributed by atoms with Crippen molar-refractivity contribution in [3.63, 3.8) is 0 Å². The number of pyridine rings is 1. The van der Waals surface area contributed by atoms with Crippen LogP contribution in [0, 0.1) is 36.7 Å². The van der Waals surface area contributed by atoms with Gasteiger partial charge in [-0.1, -0.05) is 124 Å². The number of hydrogen-bond acceptors (Lipinski definition) is 5. The molecule has 0 saturated heterocycles. The van der Waals surface area contributed by atoms with Gasteiger partial charge >= 0.3 is 0 Å². The predicted molar refractivity (Wildman–Crippen MR) is 231 cm³/mol. The normalized spacial score (nSPS) is 12.6. The number of rotatable bonds is 11. The van der Waals surface area contributed by atoms with E-state index < -0.39 is 0 Å². The summed E-state index contributed by atoms with van der Waals surface area (Å²) >= 11 is 0. The molecular formula is C50H62IrNO4-. The molecule has 0 aliphatic rings. The van der Waals surface area contributed by atoms with Crippen LogP contribution in [0.2, 0.25) is 0 Å². The van der Waals surface area contributed by atoms with Gasteiger partial charge in [0.15, 0.2) is 5.78 Å². The molecule has 1 N–H and O–H groups in total. The van der Waals surface area contributed by atoms with E-state index in [0.29, 0.717) is 11.6 Å². The van der Waals surface area contributed by atoms with Crippen molar-refractivity contribution in [1.29, 1.82) is 0 Å². The maximum atomic E-state index is 12.2. The third-order valence-electron chi connectivity index (χ3n) is 12.2. The van der Waals surface area contributed by atoms with Crippen LogP contribution in [-0.4, -0.2) is 15.9 Å². The predicted octanol–water partition coefficient (Wildman–Crippen LogP) is 14.6. The van der Waals surface area contributed by atoms with Crippen molar-refractivity contribution in [3.8, 4) is 22.4 Å². The Bertz CT molecular complexity index is 2340. The maximum Gasteiger partial charge on any atom is 0.220 e. The second-order valence-electron chi connectivity index (χ2n) is 17.4. The van der Waals surface area contributed by atoms with Crippen LogP contribution in [0.25, 0.3) is 55.2 Å². The zero-order valence-corrected chi connectivity index (χ0v) is 38.3. The van der Waals surface area contributed by atoms with Gasteiger partial charge in [0.05, 0.1) is 6.26 Å². The molecule has 0 aliphatic heterocycles. The third kappa shape index (κ3) is 8.93. The Morgan fingerprint density at radius 3 is 2.11 bits per heavy atom. The molecule has 0 fully saturated rings. The zero-order chi connectivity index (χ0) is 40.5. The van der Waals surface area contributed by atoms with E-state index in [4.69, 9.17) is 13.8 Å². The molecule has 1 radical (unpaired) electrons. The van der Waals surface area contributed by atoms with Crippen LogP contribution in [0.5, 0.6) is 0 Å². The van der Waals surface area contributed by atoms with Crippen LogP contribution in [-0.2, 0) is 36.7 Å². The fourth-order valence-electron chi connectivity index (χ4n) is 7.33. The van der Waals surface area contributed by atoms with E-state index in [2.05, 4.69) is 102 Å². The Morgan fingerprint density at radius 1 is 0.857 bits per heavy atom. The second kappa shape index (κ2) is 17.7. The SMILES string of the molecule is CCC(C)(CC)C(=O)/C=C(\O)C(C)(CC)CC.Cc1oc2nc(-c3[c-]c4ccccc4c(C(C)(C)C)c3)cc(-c3ccc(CC(C)C)c4occc34)c2c1C.[Ir].